The van der Waals surface area contributed by atoms with Crippen LogP contribution in [0.1, 0.15) is 59.4 Å². The van der Waals surface area contributed by atoms with Crippen molar-refractivity contribution in [1.82, 2.24) is 0 Å². The van der Waals surface area contributed by atoms with E-state index in [-0.39, 0.29) is 82.3 Å². The zero-order valence-corrected chi connectivity index (χ0v) is 26.7. The van der Waals surface area contributed by atoms with Gasteiger partial charge >= 0.3 is 5.97 Å². The molecular weight excluding hydrogens is 635 g/mol. The largest absolute Gasteiger partial charge is 0.504 e. The number of Topliss-reactive ketones (excluding diaryl/α,β-unsaturated/α-hetero) is 3. The Balaban J connectivity index is 1.42. The van der Waals surface area contributed by atoms with Crippen molar-refractivity contribution in [3.63, 3.8) is 0 Å². The molecule has 4 rings (SSSR count). The topological polar surface area (TPSA) is 136 Å². The summed E-state index contributed by atoms with van der Waals surface area (Å²) in [6.45, 7) is 4.63. The number of ether oxygens (including phenoxy) is 3. The van der Waals surface area contributed by atoms with Crippen LogP contribution in [0.2, 0.25) is 5.02 Å². The first kappa shape index (κ1) is 33.2. The molecule has 9 nitrogen and oxygen atoms in total. The Hall–Kier alpha value is -3.74. The zero-order chi connectivity index (χ0) is 32.3. The highest BCUT2D eigenvalue weighted by Gasteiger charge is 2.24. The lowest BCUT2D eigenvalue weighted by molar-refractivity contribution is -0.141. The van der Waals surface area contributed by atoms with E-state index < -0.39 is 29.4 Å². The molecule has 2 aromatic carbocycles. The number of benzene rings is 2. The van der Waals surface area contributed by atoms with Gasteiger partial charge in [0, 0.05) is 57.5 Å². The molecule has 2 heterocycles. The first-order chi connectivity index (χ1) is 20.8. The normalized spacial score (nSPS) is 12.7. The quantitative estimate of drug-likeness (QED) is 0.0974. The van der Waals surface area contributed by atoms with Crippen molar-refractivity contribution in [3.8, 4) is 23.0 Å². The number of thiophene rings is 2. The Bertz CT molecular complexity index is 1760. The second kappa shape index (κ2) is 13.9. The highest BCUT2D eigenvalue weighted by atomic mass is 35.5. The second-order valence-corrected chi connectivity index (χ2v) is 12.9. The molecule has 0 bridgehead atoms. The number of carbonyl (C=O) groups excluding carboxylic acids is 3. The number of aromatic hydroxyl groups is 1. The average Bonchev–Trinajstić information content (AvgIpc) is 3.60. The molecule has 234 valence electrons. The van der Waals surface area contributed by atoms with Crippen molar-refractivity contribution >= 4 is 77.8 Å². The molecule has 0 aliphatic carbocycles. The van der Waals surface area contributed by atoms with E-state index in [0.717, 1.165) is 11.3 Å². The predicted molar refractivity (Wildman–Crippen MR) is 167 cm³/mol. The van der Waals surface area contributed by atoms with Crippen LogP contribution in [-0.2, 0) is 9.59 Å². The van der Waals surface area contributed by atoms with Gasteiger partial charge in [0.15, 0.2) is 40.4 Å². The van der Waals surface area contributed by atoms with Crippen molar-refractivity contribution in [2.45, 2.75) is 40.0 Å². The summed E-state index contributed by atoms with van der Waals surface area (Å²) < 4.78 is 33.2. The third-order valence-corrected chi connectivity index (χ3v) is 9.65. The highest BCUT2D eigenvalue weighted by Crippen LogP contribution is 2.44. The Morgan fingerprint density at radius 2 is 1.43 bits per heavy atom. The number of phenols is 1. The smallest absolute Gasteiger partial charge is 0.306 e. The molecule has 0 saturated heterocycles. The van der Waals surface area contributed by atoms with Gasteiger partial charge in [-0.15, -0.1) is 22.7 Å². The molecule has 0 saturated carbocycles. The average molecular weight is 665 g/mol. The van der Waals surface area contributed by atoms with Crippen molar-refractivity contribution in [2.75, 3.05) is 20.3 Å². The van der Waals surface area contributed by atoms with Gasteiger partial charge in [0.2, 0.25) is 0 Å². The van der Waals surface area contributed by atoms with Crippen LogP contribution in [0.5, 0.6) is 23.0 Å². The van der Waals surface area contributed by atoms with Gasteiger partial charge in [-0.3, -0.25) is 19.2 Å². The van der Waals surface area contributed by atoms with Crippen LogP contribution in [0, 0.1) is 17.7 Å². The van der Waals surface area contributed by atoms with Crippen LogP contribution in [0.15, 0.2) is 24.3 Å². The first-order valence-corrected chi connectivity index (χ1v) is 15.6. The van der Waals surface area contributed by atoms with Crippen molar-refractivity contribution in [3.05, 3.63) is 44.9 Å². The van der Waals surface area contributed by atoms with Gasteiger partial charge in [-0.2, -0.15) is 0 Å². The number of ketones is 3. The zero-order valence-electron chi connectivity index (χ0n) is 24.3. The third kappa shape index (κ3) is 7.14. The van der Waals surface area contributed by atoms with Crippen LogP contribution in [-0.4, -0.2) is 53.9 Å². The summed E-state index contributed by atoms with van der Waals surface area (Å²) in [5.74, 6) is -3.93. The molecule has 0 amide bonds. The molecule has 13 heteroatoms. The minimum atomic E-state index is -1.09. The van der Waals surface area contributed by atoms with Crippen LogP contribution in [0.25, 0.3) is 20.2 Å². The molecule has 2 aromatic heterocycles. The summed E-state index contributed by atoms with van der Waals surface area (Å²) >= 11 is 8.73. The fourth-order valence-electron chi connectivity index (χ4n) is 4.30. The maximum absolute atomic E-state index is 15.5. The molecule has 44 heavy (non-hydrogen) atoms. The van der Waals surface area contributed by atoms with Crippen molar-refractivity contribution in [1.29, 1.82) is 0 Å². The Morgan fingerprint density at radius 1 is 0.886 bits per heavy atom. The first-order valence-electron chi connectivity index (χ1n) is 13.6. The van der Waals surface area contributed by atoms with E-state index in [1.54, 1.807) is 19.1 Å². The maximum Gasteiger partial charge on any atom is 0.306 e. The summed E-state index contributed by atoms with van der Waals surface area (Å²) in [5, 5.41) is 20.4. The summed E-state index contributed by atoms with van der Waals surface area (Å²) in [5.41, 5.74) is 0. The van der Waals surface area contributed by atoms with Crippen LogP contribution < -0.4 is 14.2 Å². The summed E-state index contributed by atoms with van der Waals surface area (Å²) in [6.07, 6.45) is 0.138. The number of methoxy groups -OCH3 is 1. The van der Waals surface area contributed by atoms with Crippen LogP contribution in [0.4, 0.5) is 4.39 Å². The number of carboxylic acids is 1. The number of carboxylic acid groups (broad SMARTS) is 1. The van der Waals surface area contributed by atoms with E-state index in [1.165, 1.54) is 44.4 Å². The predicted octanol–water partition coefficient (Wildman–Crippen LogP) is 7.56. The lowest BCUT2D eigenvalue weighted by Crippen LogP contribution is -2.13. The number of hydrogen-bond acceptors (Lipinski definition) is 10. The number of rotatable bonds is 15. The van der Waals surface area contributed by atoms with E-state index in [1.807, 2.05) is 0 Å². The Labute approximate surface area is 265 Å². The minimum absolute atomic E-state index is 0.0108. The number of aliphatic carboxylic acids is 1. The van der Waals surface area contributed by atoms with E-state index in [0.29, 0.717) is 19.7 Å². The summed E-state index contributed by atoms with van der Waals surface area (Å²) in [7, 11) is 1.36. The molecule has 0 spiro atoms. The van der Waals surface area contributed by atoms with Crippen LogP contribution in [0.3, 0.4) is 0 Å². The Kier molecular flexibility index (Phi) is 10.5. The van der Waals surface area contributed by atoms with Crippen molar-refractivity contribution in [2.24, 2.45) is 11.8 Å². The molecule has 0 unspecified atom stereocenters. The Morgan fingerprint density at radius 3 is 2.00 bits per heavy atom. The number of fused-ring (bicyclic) bond motifs is 2. The van der Waals surface area contributed by atoms with Gasteiger partial charge in [-0.05, 0) is 19.1 Å². The van der Waals surface area contributed by atoms with E-state index >= 15 is 4.39 Å². The lowest BCUT2D eigenvalue weighted by atomic mass is 10.00. The molecule has 2 atom stereocenters. The van der Waals surface area contributed by atoms with Gasteiger partial charge in [0.1, 0.15) is 5.78 Å². The van der Waals surface area contributed by atoms with E-state index in [2.05, 4.69) is 0 Å². The summed E-state index contributed by atoms with van der Waals surface area (Å²) in [4.78, 5) is 48.5. The van der Waals surface area contributed by atoms with Crippen LogP contribution >= 0.6 is 34.3 Å². The van der Waals surface area contributed by atoms with Gasteiger partial charge in [0.05, 0.1) is 41.0 Å². The number of hydrogen-bond donors (Lipinski definition) is 2. The molecule has 4 aromatic rings. The third-order valence-electron chi connectivity index (χ3n) is 7.03. The number of halogens is 2. The van der Waals surface area contributed by atoms with Gasteiger partial charge in [-0.25, -0.2) is 4.39 Å². The molecule has 0 aliphatic rings. The lowest BCUT2D eigenvalue weighted by Gasteiger charge is -2.13. The standard InChI is InChI=1S/C31H30ClFO9S2/c1-14(16(3)34)8-19(35)25-10-17-23(43-25)12-21(37)29(27(17)32)41-6-5-7-42-30-22(40-4)13-24-18(28(30)33)11-26(44-24)20(36)9-15(2)31(38)39/h10-15,37H,5-9H2,1-4H3,(H,38,39)/t14-,15-/m0/s1. The monoisotopic (exact) mass is 664 g/mol. The fourth-order valence-corrected chi connectivity index (χ4v) is 6.75. The molecular formula is C31H30ClFO9S2. The van der Waals surface area contributed by atoms with Gasteiger partial charge < -0.3 is 24.4 Å². The minimum Gasteiger partial charge on any atom is -0.504 e. The molecule has 0 radical (unpaired) electrons. The molecule has 0 fully saturated rings. The number of carbonyl (C=O) groups is 4. The van der Waals surface area contributed by atoms with E-state index in [4.69, 9.17) is 30.9 Å². The summed E-state index contributed by atoms with van der Waals surface area (Å²) in [6, 6.07) is 6.02. The number of phenolic OH excluding ortho intramolecular Hbond substituents is 1. The van der Waals surface area contributed by atoms with Crippen molar-refractivity contribution < 1.29 is 48.0 Å². The second-order valence-electron chi connectivity index (χ2n) is 10.4. The fraction of sp³-hybridized carbons (Fsp3) is 0.355. The molecule has 0 aliphatic heterocycles. The SMILES string of the molecule is COc1cc2sc(C(=O)C[C@H](C)C(=O)O)cc2c(F)c1OCCCOc1c(O)cc2sc(C(=O)C[C@H](C)C(C)=O)cc2c1Cl. The van der Waals surface area contributed by atoms with Gasteiger partial charge in [0.25, 0.3) is 0 Å². The molecule has 2 N–H and O–H groups in total. The van der Waals surface area contributed by atoms with E-state index in [9.17, 15) is 24.3 Å². The van der Waals surface area contributed by atoms with Gasteiger partial charge in [-0.1, -0.05) is 25.4 Å². The highest BCUT2D eigenvalue weighted by molar-refractivity contribution is 7.21. The maximum atomic E-state index is 15.5.